The quantitative estimate of drug-likeness (QED) is 0.449. The molecule has 0 spiro atoms. The maximum Gasteiger partial charge on any atom is 0.242 e. The van der Waals surface area contributed by atoms with Crippen LogP contribution in [0.2, 0.25) is 0 Å². The molecule has 2 aromatic carbocycles. The monoisotopic (exact) mass is 501 g/mol. The SMILES string of the molecule is CCCNC(=O)[C@H](C)N(Cc1cccc(C)c1)C(=O)CCCN(c1ccc(CC)cc1)S(C)(=O)=O. The Labute approximate surface area is 210 Å². The topological polar surface area (TPSA) is 86.8 Å². The van der Waals surface area contributed by atoms with Gasteiger partial charge >= 0.3 is 0 Å². The Morgan fingerprint density at radius 3 is 2.29 bits per heavy atom. The van der Waals surface area contributed by atoms with Gasteiger partial charge in [0.25, 0.3) is 0 Å². The molecule has 8 heteroatoms. The smallest absolute Gasteiger partial charge is 0.242 e. The summed E-state index contributed by atoms with van der Waals surface area (Å²) in [5, 5.41) is 2.87. The zero-order valence-corrected chi connectivity index (χ0v) is 22.4. The highest BCUT2D eigenvalue weighted by molar-refractivity contribution is 7.92. The third-order valence-corrected chi connectivity index (χ3v) is 7.13. The Kier molecular flexibility index (Phi) is 10.8. The van der Waals surface area contributed by atoms with Crippen molar-refractivity contribution in [3.05, 3.63) is 65.2 Å². The minimum atomic E-state index is -3.50. The van der Waals surface area contributed by atoms with Gasteiger partial charge in [0.2, 0.25) is 21.8 Å². The molecule has 35 heavy (non-hydrogen) atoms. The van der Waals surface area contributed by atoms with Crippen molar-refractivity contribution < 1.29 is 18.0 Å². The van der Waals surface area contributed by atoms with Crippen LogP contribution >= 0.6 is 0 Å². The minimum Gasteiger partial charge on any atom is -0.354 e. The molecule has 0 saturated carbocycles. The van der Waals surface area contributed by atoms with Crippen LogP contribution in [0.4, 0.5) is 5.69 Å². The highest BCUT2D eigenvalue weighted by atomic mass is 32.2. The number of benzene rings is 2. The summed E-state index contributed by atoms with van der Waals surface area (Å²) in [6.45, 7) is 8.79. The molecular formula is C27H39N3O4S. The lowest BCUT2D eigenvalue weighted by Gasteiger charge is -2.29. The molecule has 1 atom stereocenters. The zero-order chi connectivity index (χ0) is 26.0. The predicted molar refractivity (Wildman–Crippen MR) is 142 cm³/mol. The highest BCUT2D eigenvalue weighted by Crippen LogP contribution is 2.20. The first kappa shape index (κ1) is 28.4. The van der Waals surface area contributed by atoms with Gasteiger partial charge < -0.3 is 10.2 Å². The average molecular weight is 502 g/mol. The van der Waals surface area contributed by atoms with Gasteiger partial charge in [-0.15, -0.1) is 0 Å². The first-order valence-electron chi connectivity index (χ1n) is 12.3. The van der Waals surface area contributed by atoms with Gasteiger partial charge in [-0.3, -0.25) is 13.9 Å². The summed E-state index contributed by atoms with van der Waals surface area (Å²) in [5.41, 5.74) is 3.73. The van der Waals surface area contributed by atoms with Crippen LogP contribution in [0.25, 0.3) is 0 Å². The van der Waals surface area contributed by atoms with Crippen LogP contribution in [0.3, 0.4) is 0 Å². The van der Waals surface area contributed by atoms with Crippen LogP contribution in [0.1, 0.15) is 56.7 Å². The second-order valence-electron chi connectivity index (χ2n) is 8.94. The molecule has 2 amide bonds. The van der Waals surface area contributed by atoms with Gasteiger partial charge in [0.1, 0.15) is 6.04 Å². The van der Waals surface area contributed by atoms with E-state index >= 15 is 0 Å². The molecule has 7 nitrogen and oxygen atoms in total. The Bertz CT molecular complexity index is 1080. The first-order valence-corrected chi connectivity index (χ1v) is 14.1. The summed E-state index contributed by atoms with van der Waals surface area (Å²) in [4.78, 5) is 27.5. The number of carbonyl (C=O) groups excluding carboxylic acids is 2. The highest BCUT2D eigenvalue weighted by Gasteiger charge is 2.26. The number of hydrogen-bond acceptors (Lipinski definition) is 4. The van der Waals surface area contributed by atoms with Crippen LogP contribution in [-0.2, 0) is 32.6 Å². The molecule has 0 heterocycles. The van der Waals surface area contributed by atoms with Gasteiger partial charge in [-0.2, -0.15) is 0 Å². The standard InChI is InChI=1S/C27H39N3O4S/c1-6-17-28-27(32)22(4)29(20-24-11-8-10-21(3)19-24)26(31)12-9-18-30(35(5,33)34)25-15-13-23(7-2)14-16-25/h8,10-11,13-16,19,22H,6-7,9,12,17-18,20H2,1-5H3,(H,28,32)/t22-/m0/s1. The summed E-state index contributed by atoms with van der Waals surface area (Å²) in [5.74, 6) is -0.373. The number of anilines is 1. The Morgan fingerprint density at radius 2 is 1.71 bits per heavy atom. The molecule has 0 saturated heterocycles. The van der Waals surface area contributed by atoms with E-state index in [-0.39, 0.29) is 24.8 Å². The Hall–Kier alpha value is -2.87. The normalized spacial score (nSPS) is 12.1. The van der Waals surface area contributed by atoms with E-state index in [1.54, 1.807) is 24.0 Å². The van der Waals surface area contributed by atoms with E-state index in [9.17, 15) is 18.0 Å². The molecule has 2 aromatic rings. The largest absolute Gasteiger partial charge is 0.354 e. The molecule has 0 aliphatic heterocycles. The number of nitrogens with one attached hydrogen (secondary N) is 1. The molecule has 0 aliphatic carbocycles. The maximum atomic E-state index is 13.3. The zero-order valence-electron chi connectivity index (χ0n) is 21.6. The van der Waals surface area contributed by atoms with Crippen molar-refractivity contribution in [3.8, 4) is 0 Å². The van der Waals surface area contributed by atoms with Crippen LogP contribution < -0.4 is 9.62 Å². The lowest BCUT2D eigenvalue weighted by atomic mass is 10.1. The number of hydrogen-bond donors (Lipinski definition) is 1. The summed E-state index contributed by atoms with van der Waals surface area (Å²) < 4.78 is 26.2. The van der Waals surface area contributed by atoms with Crippen LogP contribution in [-0.4, -0.2) is 50.5 Å². The summed E-state index contributed by atoms with van der Waals surface area (Å²) in [6, 6.07) is 14.7. The van der Waals surface area contributed by atoms with Crippen LogP contribution in [0.15, 0.2) is 48.5 Å². The molecule has 0 fully saturated rings. The van der Waals surface area contributed by atoms with Crippen molar-refractivity contribution >= 4 is 27.5 Å². The van der Waals surface area contributed by atoms with E-state index in [2.05, 4.69) is 5.32 Å². The fourth-order valence-corrected chi connectivity index (χ4v) is 4.85. The second-order valence-corrected chi connectivity index (χ2v) is 10.8. The lowest BCUT2D eigenvalue weighted by molar-refractivity contribution is -0.140. The Morgan fingerprint density at radius 1 is 1.03 bits per heavy atom. The third-order valence-electron chi connectivity index (χ3n) is 5.94. The molecule has 0 unspecified atom stereocenters. The van der Waals surface area contributed by atoms with Gasteiger partial charge in [-0.25, -0.2) is 8.42 Å². The molecule has 0 aliphatic rings. The van der Waals surface area contributed by atoms with Gasteiger partial charge in [-0.05, 0) is 56.4 Å². The van der Waals surface area contributed by atoms with Gasteiger partial charge in [0.05, 0.1) is 11.9 Å². The van der Waals surface area contributed by atoms with Gasteiger partial charge in [0, 0.05) is 26.1 Å². The van der Waals surface area contributed by atoms with Crippen LogP contribution in [0.5, 0.6) is 0 Å². The molecule has 0 aromatic heterocycles. The molecule has 2 rings (SSSR count). The lowest BCUT2D eigenvalue weighted by Crippen LogP contribution is -2.47. The fourth-order valence-electron chi connectivity index (χ4n) is 3.89. The van der Waals surface area contributed by atoms with Crippen molar-refractivity contribution in [3.63, 3.8) is 0 Å². The molecule has 1 N–H and O–H groups in total. The van der Waals surface area contributed by atoms with Crippen molar-refractivity contribution in [2.75, 3.05) is 23.7 Å². The number of amides is 2. The third kappa shape index (κ3) is 8.69. The van der Waals surface area contributed by atoms with E-state index in [0.717, 1.165) is 29.5 Å². The molecular weight excluding hydrogens is 462 g/mol. The first-order chi connectivity index (χ1) is 16.6. The summed E-state index contributed by atoms with van der Waals surface area (Å²) >= 11 is 0. The average Bonchev–Trinajstić information content (AvgIpc) is 2.82. The number of carbonyl (C=O) groups is 2. The molecule has 0 bridgehead atoms. The van der Waals surface area contributed by atoms with Crippen molar-refractivity contribution in [2.45, 2.75) is 66.0 Å². The van der Waals surface area contributed by atoms with Crippen molar-refractivity contribution in [1.29, 1.82) is 0 Å². The van der Waals surface area contributed by atoms with E-state index in [4.69, 9.17) is 0 Å². The number of aryl methyl sites for hydroxylation is 2. The van der Waals surface area contributed by atoms with E-state index in [0.29, 0.717) is 25.2 Å². The molecule has 0 radical (unpaired) electrons. The summed E-state index contributed by atoms with van der Waals surface area (Å²) in [6.07, 6.45) is 3.33. The Balaban J connectivity index is 2.14. The van der Waals surface area contributed by atoms with E-state index < -0.39 is 16.1 Å². The van der Waals surface area contributed by atoms with Crippen molar-refractivity contribution in [1.82, 2.24) is 10.2 Å². The van der Waals surface area contributed by atoms with Gasteiger partial charge in [0.15, 0.2) is 0 Å². The maximum absolute atomic E-state index is 13.3. The van der Waals surface area contributed by atoms with Gasteiger partial charge in [-0.1, -0.05) is 55.8 Å². The number of rotatable bonds is 13. The molecule has 192 valence electrons. The predicted octanol–water partition coefficient (Wildman–Crippen LogP) is 4.05. The van der Waals surface area contributed by atoms with Crippen LogP contribution in [0, 0.1) is 6.92 Å². The van der Waals surface area contributed by atoms with E-state index in [1.165, 1.54) is 10.6 Å². The summed E-state index contributed by atoms with van der Waals surface area (Å²) in [7, 11) is -3.50. The number of sulfonamides is 1. The number of nitrogens with zero attached hydrogens (tertiary/aromatic N) is 2. The van der Waals surface area contributed by atoms with E-state index in [1.807, 2.05) is 57.2 Å². The fraction of sp³-hybridized carbons (Fsp3) is 0.481. The second kappa shape index (κ2) is 13.3. The minimum absolute atomic E-state index is 0.135. The van der Waals surface area contributed by atoms with Crippen molar-refractivity contribution in [2.24, 2.45) is 0 Å².